The van der Waals surface area contributed by atoms with E-state index in [2.05, 4.69) is 14.9 Å². The normalized spacial score (nSPS) is 17.8. The van der Waals surface area contributed by atoms with Crippen molar-refractivity contribution in [3.63, 3.8) is 0 Å². The van der Waals surface area contributed by atoms with Crippen molar-refractivity contribution < 1.29 is 8.42 Å². The fourth-order valence-electron chi connectivity index (χ4n) is 2.24. The van der Waals surface area contributed by atoms with Crippen LogP contribution in [-0.2, 0) is 10.2 Å². The first kappa shape index (κ1) is 15.1. The first-order chi connectivity index (χ1) is 9.30. The molecule has 2 rings (SSSR count). The second-order valence-corrected chi connectivity index (χ2v) is 7.23. The molecule has 1 aliphatic rings. The van der Waals surface area contributed by atoms with Gasteiger partial charge in [0.1, 0.15) is 11.6 Å². The molecule has 0 unspecified atom stereocenters. The molecule has 1 fully saturated rings. The Labute approximate surface area is 120 Å². The van der Waals surface area contributed by atoms with E-state index in [-0.39, 0.29) is 0 Å². The van der Waals surface area contributed by atoms with Gasteiger partial charge in [0.25, 0.3) is 10.2 Å². The monoisotopic (exact) mass is 299 g/mol. The van der Waals surface area contributed by atoms with Gasteiger partial charge in [0, 0.05) is 52.0 Å². The molecular weight excluding hydrogens is 278 g/mol. The Morgan fingerprint density at radius 1 is 1.10 bits per heavy atom. The molecule has 112 valence electrons. The van der Waals surface area contributed by atoms with E-state index in [0.717, 1.165) is 17.3 Å². The lowest BCUT2D eigenvalue weighted by atomic mass is 10.3. The molecule has 0 N–H and O–H groups in total. The van der Waals surface area contributed by atoms with Crippen molar-refractivity contribution in [1.29, 1.82) is 0 Å². The minimum atomic E-state index is -3.31. The Balaban J connectivity index is 2.08. The maximum atomic E-state index is 12.0. The number of hydrogen-bond acceptors (Lipinski definition) is 5. The highest BCUT2D eigenvalue weighted by atomic mass is 32.2. The van der Waals surface area contributed by atoms with Gasteiger partial charge in [-0.15, -0.1) is 0 Å². The lowest BCUT2D eigenvalue weighted by Gasteiger charge is -2.35. The highest BCUT2D eigenvalue weighted by molar-refractivity contribution is 7.86. The zero-order chi connectivity index (χ0) is 14.9. The van der Waals surface area contributed by atoms with Gasteiger partial charge < -0.3 is 4.90 Å². The van der Waals surface area contributed by atoms with Crippen molar-refractivity contribution >= 4 is 16.0 Å². The van der Waals surface area contributed by atoms with Gasteiger partial charge in [-0.3, -0.25) is 0 Å². The van der Waals surface area contributed by atoms with Gasteiger partial charge in [-0.1, -0.05) is 0 Å². The highest BCUT2D eigenvalue weighted by Gasteiger charge is 2.29. The third-order valence-electron chi connectivity index (χ3n) is 3.30. The number of aryl methyl sites for hydroxylation is 2. The summed E-state index contributed by atoms with van der Waals surface area (Å²) in [5.74, 6) is 1.61. The smallest absolute Gasteiger partial charge is 0.281 e. The molecule has 0 radical (unpaired) electrons. The number of aromatic nitrogens is 2. The molecule has 7 nitrogen and oxygen atoms in total. The van der Waals surface area contributed by atoms with E-state index in [0.29, 0.717) is 26.2 Å². The summed E-state index contributed by atoms with van der Waals surface area (Å²) in [6.07, 6.45) is 0. The Bertz CT molecular complexity index is 559. The van der Waals surface area contributed by atoms with Crippen LogP contribution in [0.2, 0.25) is 0 Å². The molecule has 20 heavy (non-hydrogen) atoms. The molecule has 1 aliphatic heterocycles. The van der Waals surface area contributed by atoms with Crippen LogP contribution in [0.25, 0.3) is 0 Å². The van der Waals surface area contributed by atoms with E-state index in [4.69, 9.17) is 0 Å². The number of piperazine rings is 1. The van der Waals surface area contributed by atoms with Crippen molar-refractivity contribution in [2.45, 2.75) is 13.8 Å². The molecule has 2 heterocycles. The lowest BCUT2D eigenvalue weighted by molar-refractivity contribution is 0.355. The predicted octanol–water partition coefficient (Wildman–Crippen LogP) is 0.0218. The highest BCUT2D eigenvalue weighted by Crippen LogP contribution is 2.17. The van der Waals surface area contributed by atoms with Crippen molar-refractivity contribution in [2.24, 2.45) is 0 Å². The standard InChI is InChI=1S/C12H21N5O2S/c1-10-9-12(14-11(2)13-10)16-5-7-17(8-6-16)20(18,19)15(3)4/h9H,5-8H2,1-4H3. The Kier molecular flexibility index (Phi) is 4.26. The summed E-state index contributed by atoms with van der Waals surface area (Å²) in [5.41, 5.74) is 0.927. The minimum Gasteiger partial charge on any atom is -0.354 e. The average molecular weight is 299 g/mol. The van der Waals surface area contributed by atoms with Gasteiger partial charge in [0.2, 0.25) is 0 Å². The van der Waals surface area contributed by atoms with E-state index in [1.54, 1.807) is 14.1 Å². The second kappa shape index (κ2) is 5.63. The molecule has 1 aromatic rings. The number of nitrogens with zero attached hydrogens (tertiary/aromatic N) is 5. The van der Waals surface area contributed by atoms with Crippen LogP contribution in [0.4, 0.5) is 5.82 Å². The molecule has 1 aromatic heterocycles. The molecule has 0 bridgehead atoms. The van der Waals surface area contributed by atoms with Gasteiger partial charge in [0.05, 0.1) is 0 Å². The first-order valence-electron chi connectivity index (χ1n) is 6.55. The molecular formula is C12H21N5O2S. The van der Waals surface area contributed by atoms with Crippen molar-refractivity contribution in [3.8, 4) is 0 Å². The summed E-state index contributed by atoms with van der Waals surface area (Å²) in [7, 11) is -0.206. The zero-order valence-corrected chi connectivity index (χ0v) is 13.2. The van der Waals surface area contributed by atoms with Gasteiger partial charge in [-0.2, -0.15) is 17.0 Å². The van der Waals surface area contributed by atoms with E-state index in [1.165, 1.54) is 8.61 Å². The predicted molar refractivity (Wildman–Crippen MR) is 77.9 cm³/mol. The first-order valence-corrected chi connectivity index (χ1v) is 7.95. The SMILES string of the molecule is Cc1cc(N2CCN(S(=O)(=O)N(C)C)CC2)nc(C)n1. The summed E-state index contributed by atoms with van der Waals surface area (Å²) in [6, 6.07) is 1.93. The van der Waals surface area contributed by atoms with Crippen LogP contribution in [-0.4, -0.2) is 67.3 Å². The second-order valence-electron chi connectivity index (χ2n) is 5.09. The third kappa shape index (κ3) is 3.08. The van der Waals surface area contributed by atoms with Crippen LogP contribution in [0.15, 0.2) is 6.07 Å². The van der Waals surface area contributed by atoms with Crippen molar-refractivity contribution in [3.05, 3.63) is 17.6 Å². The molecule has 0 atom stereocenters. The Morgan fingerprint density at radius 3 is 2.20 bits per heavy atom. The Hall–Kier alpha value is -1.25. The van der Waals surface area contributed by atoms with Gasteiger partial charge in [0.15, 0.2) is 0 Å². The lowest BCUT2D eigenvalue weighted by Crippen LogP contribution is -2.51. The van der Waals surface area contributed by atoms with Gasteiger partial charge >= 0.3 is 0 Å². The summed E-state index contributed by atoms with van der Waals surface area (Å²) in [5, 5.41) is 0. The minimum absolute atomic E-state index is 0.475. The summed E-state index contributed by atoms with van der Waals surface area (Å²) in [4.78, 5) is 10.8. The molecule has 0 aromatic carbocycles. The van der Waals surface area contributed by atoms with E-state index >= 15 is 0 Å². The van der Waals surface area contributed by atoms with Crippen LogP contribution in [0.1, 0.15) is 11.5 Å². The average Bonchev–Trinajstić information content (AvgIpc) is 2.37. The summed E-state index contributed by atoms with van der Waals surface area (Å²) in [6.45, 7) is 6.03. The largest absolute Gasteiger partial charge is 0.354 e. The Morgan fingerprint density at radius 2 is 1.70 bits per heavy atom. The molecule has 0 aliphatic carbocycles. The van der Waals surface area contributed by atoms with Gasteiger partial charge in [-0.25, -0.2) is 9.97 Å². The van der Waals surface area contributed by atoms with E-state index in [9.17, 15) is 8.42 Å². The fraction of sp³-hybridized carbons (Fsp3) is 0.667. The molecule has 8 heteroatoms. The van der Waals surface area contributed by atoms with E-state index < -0.39 is 10.2 Å². The fourth-order valence-corrected chi connectivity index (χ4v) is 3.32. The maximum Gasteiger partial charge on any atom is 0.281 e. The zero-order valence-electron chi connectivity index (χ0n) is 12.4. The van der Waals surface area contributed by atoms with Crippen LogP contribution in [0.3, 0.4) is 0 Å². The third-order valence-corrected chi connectivity index (χ3v) is 5.24. The summed E-state index contributed by atoms with van der Waals surface area (Å²) < 4.78 is 26.8. The topological polar surface area (TPSA) is 69.6 Å². The van der Waals surface area contributed by atoms with E-state index in [1.807, 2.05) is 19.9 Å². The van der Waals surface area contributed by atoms with Crippen molar-refractivity contribution in [1.82, 2.24) is 18.6 Å². The number of rotatable bonds is 3. The maximum absolute atomic E-state index is 12.0. The number of hydrogen-bond donors (Lipinski definition) is 0. The van der Waals surface area contributed by atoms with Crippen LogP contribution in [0.5, 0.6) is 0 Å². The molecule has 0 amide bonds. The van der Waals surface area contributed by atoms with Crippen LogP contribution >= 0.6 is 0 Å². The quantitative estimate of drug-likeness (QED) is 0.787. The van der Waals surface area contributed by atoms with Crippen molar-refractivity contribution in [2.75, 3.05) is 45.2 Å². The molecule has 1 saturated heterocycles. The van der Waals surface area contributed by atoms with Crippen LogP contribution < -0.4 is 4.90 Å². The number of anilines is 1. The van der Waals surface area contributed by atoms with Crippen LogP contribution in [0, 0.1) is 13.8 Å². The molecule has 0 spiro atoms. The summed E-state index contributed by atoms with van der Waals surface area (Å²) >= 11 is 0. The van der Waals surface area contributed by atoms with Gasteiger partial charge in [-0.05, 0) is 13.8 Å². The molecule has 0 saturated carbocycles.